The highest BCUT2D eigenvalue weighted by Crippen LogP contribution is 2.55. The minimum absolute atomic E-state index is 0.105. The number of likely N-dealkylation sites (tertiary alicyclic amines) is 1. The number of fused-ring (bicyclic) bond motifs is 1. The zero-order chi connectivity index (χ0) is 34.8. The molecular weight excluding hydrogens is 660 g/mol. The number of likely N-dealkylation sites (N-methyl/N-ethyl adjacent to an activating group) is 1. The second-order valence-corrected chi connectivity index (χ2v) is 14.2. The monoisotopic (exact) mass is 700 g/mol. The summed E-state index contributed by atoms with van der Waals surface area (Å²) >= 11 is 6.61. The average Bonchev–Trinajstić information content (AvgIpc) is 3.63. The van der Waals surface area contributed by atoms with E-state index in [1.165, 1.54) is 49.5 Å². The van der Waals surface area contributed by atoms with Gasteiger partial charge in [-0.1, -0.05) is 23.7 Å². The molecule has 1 unspecified atom stereocenters. The molecule has 2 aliphatic heterocycles. The molecule has 1 saturated heterocycles. The van der Waals surface area contributed by atoms with Gasteiger partial charge in [0, 0.05) is 57.0 Å². The summed E-state index contributed by atoms with van der Waals surface area (Å²) in [7, 11) is 5.27. The second-order valence-electron chi connectivity index (χ2n) is 12.0. The molecule has 0 bridgehead atoms. The predicted octanol–water partition coefficient (Wildman–Crippen LogP) is 4.53. The number of benzene rings is 3. The van der Waals surface area contributed by atoms with Crippen LogP contribution in [0.2, 0.25) is 5.02 Å². The summed E-state index contributed by atoms with van der Waals surface area (Å²) in [6.45, 7) is 2.12. The highest BCUT2D eigenvalue weighted by atomic mass is 35.5. The van der Waals surface area contributed by atoms with E-state index < -0.39 is 33.8 Å². The quantitative estimate of drug-likeness (QED) is 0.267. The predicted molar refractivity (Wildman–Crippen MR) is 181 cm³/mol. The highest BCUT2D eigenvalue weighted by Gasteiger charge is 2.63. The fourth-order valence-corrected chi connectivity index (χ4v) is 8.00. The lowest BCUT2D eigenvalue weighted by molar-refractivity contribution is -0.132. The largest absolute Gasteiger partial charge is 0.497 e. The molecule has 2 heterocycles. The standard InChI is InChI=1S/C34H41ClN4O8S/c1-36(2)33(41)47-31-8-7-17-38(31)34(27-15-9-23(20-30(27)46-6)22-37(3)18-19-44-4)28-21-24(35)10-16-29(28)39(32(34)40)48(42,43)26-13-11-25(45-5)12-14-26/h9-16,20-21,31H,7-8,17-19,22H2,1-6H3/t31-,34?/m0/s1. The zero-order valence-electron chi connectivity index (χ0n) is 27.9. The van der Waals surface area contributed by atoms with E-state index in [-0.39, 0.29) is 10.6 Å². The molecule has 258 valence electrons. The van der Waals surface area contributed by atoms with E-state index in [9.17, 15) is 13.2 Å². The van der Waals surface area contributed by atoms with Crippen LogP contribution in [0.15, 0.2) is 65.6 Å². The van der Waals surface area contributed by atoms with Gasteiger partial charge < -0.3 is 23.8 Å². The van der Waals surface area contributed by atoms with Gasteiger partial charge in [-0.05, 0) is 74.0 Å². The van der Waals surface area contributed by atoms with Gasteiger partial charge in [-0.25, -0.2) is 22.4 Å². The van der Waals surface area contributed by atoms with Gasteiger partial charge in [0.25, 0.3) is 15.9 Å². The first-order valence-corrected chi connectivity index (χ1v) is 17.2. The average molecular weight is 701 g/mol. The molecule has 0 N–H and O–H groups in total. The van der Waals surface area contributed by atoms with Crippen molar-refractivity contribution in [3.8, 4) is 11.5 Å². The summed E-state index contributed by atoms with van der Waals surface area (Å²) in [6, 6.07) is 16.0. The maximum Gasteiger partial charge on any atom is 0.410 e. The van der Waals surface area contributed by atoms with Crippen molar-refractivity contribution >= 4 is 39.3 Å². The Balaban J connectivity index is 1.75. The molecule has 2 atom stereocenters. The molecule has 3 aromatic carbocycles. The van der Waals surface area contributed by atoms with Gasteiger partial charge in [0.05, 0.1) is 31.4 Å². The number of ether oxygens (including phenoxy) is 4. The van der Waals surface area contributed by atoms with E-state index in [1.54, 1.807) is 44.3 Å². The van der Waals surface area contributed by atoms with E-state index in [2.05, 4.69) is 4.90 Å². The van der Waals surface area contributed by atoms with E-state index in [0.717, 1.165) is 9.87 Å². The van der Waals surface area contributed by atoms with E-state index >= 15 is 4.79 Å². The summed E-state index contributed by atoms with van der Waals surface area (Å²) in [5.41, 5.74) is -0.0504. The summed E-state index contributed by atoms with van der Waals surface area (Å²) in [4.78, 5) is 33.3. The van der Waals surface area contributed by atoms with Crippen molar-refractivity contribution in [3.63, 3.8) is 0 Å². The van der Waals surface area contributed by atoms with Crippen molar-refractivity contribution in [3.05, 3.63) is 82.4 Å². The number of anilines is 1. The Hall–Kier alpha value is -3.88. The number of carbonyl (C=O) groups excluding carboxylic acids is 2. The fraction of sp³-hybridized carbons (Fsp3) is 0.412. The molecule has 3 aromatic rings. The van der Waals surface area contributed by atoms with Crippen molar-refractivity contribution in [2.45, 2.75) is 36.0 Å². The Labute approximate surface area is 286 Å². The van der Waals surface area contributed by atoms with Gasteiger partial charge in [0.2, 0.25) is 0 Å². The van der Waals surface area contributed by atoms with Gasteiger partial charge in [0.15, 0.2) is 11.8 Å². The molecule has 48 heavy (non-hydrogen) atoms. The number of carbonyl (C=O) groups is 2. The van der Waals surface area contributed by atoms with Gasteiger partial charge in [-0.15, -0.1) is 0 Å². The van der Waals surface area contributed by atoms with Crippen molar-refractivity contribution in [2.75, 3.05) is 66.5 Å². The Bertz CT molecular complexity index is 1770. The molecule has 12 nitrogen and oxygen atoms in total. The van der Waals surface area contributed by atoms with Crippen LogP contribution in [0, 0.1) is 0 Å². The Morgan fingerprint density at radius 1 is 0.979 bits per heavy atom. The molecule has 0 saturated carbocycles. The summed E-state index contributed by atoms with van der Waals surface area (Å²) < 4.78 is 52.1. The lowest BCUT2D eigenvalue weighted by atomic mass is 9.81. The number of methoxy groups -OCH3 is 3. The molecule has 0 aliphatic carbocycles. The third-order valence-electron chi connectivity index (χ3n) is 8.67. The molecular formula is C34H41ClN4O8S. The van der Waals surface area contributed by atoms with Crippen molar-refractivity contribution in [1.82, 2.24) is 14.7 Å². The van der Waals surface area contributed by atoms with Gasteiger partial charge in [-0.3, -0.25) is 9.69 Å². The SMILES string of the molecule is COCCN(C)Cc1ccc(C2(N3CCC[C@@H]3OC(=O)N(C)C)C(=O)N(S(=O)(=O)c3ccc(OC)cc3)c3ccc(Cl)cc32)c(OC)c1. The zero-order valence-corrected chi connectivity index (χ0v) is 29.5. The minimum atomic E-state index is -4.47. The third kappa shape index (κ3) is 6.32. The Morgan fingerprint density at radius 2 is 1.71 bits per heavy atom. The van der Waals surface area contributed by atoms with Crippen LogP contribution in [-0.4, -0.2) is 104 Å². The van der Waals surface area contributed by atoms with E-state index in [0.29, 0.717) is 66.7 Å². The normalized spacial score (nSPS) is 19.5. The second kappa shape index (κ2) is 14.3. The van der Waals surface area contributed by atoms with Crippen LogP contribution in [0.25, 0.3) is 0 Å². The van der Waals surface area contributed by atoms with Gasteiger partial charge >= 0.3 is 6.09 Å². The molecule has 0 radical (unpaired) electrons. The lowest BCUT2D eigenvalue weighted by Gasteiger charge is -2.41. The number of hydrogen-bond acceptors (Lipinski definition) is 10. The molecule has 2 amide bonds. The van der Waals surface area contributed by atoms with Crippen molar-refractivity contribution in [1.29, 1.82) is 0 Å². The maximum atomic E-state index is 15.3. The number of rotatable bonds is 12. The van der Waals surface area contributed by atoms with E-state index in [1.807, 2.05) is 19.2 Å². The molecule has 14 heteroatoms. The van der Waals surface area contributed by atoms with Crippen molar-refractivity contribution in [2.24, 2.45) is 0 Å². The van der Waals surface area contributed by atoms with Crippen LogP contribution in [0.5, 0.6) is 11.5 Å². The molecule has 5 rings (SSSR count). The molecule has 1 fully saturated rings. The smallest absolute Gasteiger partial charge is 0.410 e. The maximum absolute atomic E-state index is 15.3. The highest BCUT2D eigenvalue weighted by molar-refractivity contribution is 7.93. The van der Waals surface area contributed by atoms with Crippen LogP contribution in [0.3, 0.4) is 0 Å². The first-order chi connectivity index (χ1) is 22.9. The Kier molecular flexibility index (Phi) is 10.6. The molecule has 0 spiro atoms. The Morgan fingerprint density at radius 3 is 2.35 bits per heavy atom. The number of nitrogens with zero attached hydrogens (tertiary/aromatic N) is 4. The van der Waals surface area contributed by atoms with Crippen molar-refractivity contribution < 1.29 is 37.0 Å². The minimum Gasteiger partial charge on any atom is -0.497 e. The number of halogens is 1. The fourth-order valence-electron chi connectivity index (χ4n) is 6.37. The van der Waals surface area contributed by atoms with Crippen LogP contribution < -0.4 is 13.8 Å². The third-order valence-corrected chi connectivity index (χ3v) is 10.6. The molecule has 2 aliphatic rings. The van der Waals surface area contributed by atoms with E-state index in [4.69, 9.17) is 30.5 Å². The number of amides is 2. The van der Waals surface area contributed by atoms with Crippen LogP contribution in [-0.2, 0) is 36.4 Å². The molecule has 0 aromatic heterocycles. The number of sulfonamides is 1. The van der Waals surface area contributed by atoms with Crippen LogP contribution in [0.4, 0.5) is 10.5 Å². The first-order valence-electron chi connectivity index (χ1n) is 15.4. The summed E-state index contributed by atoms with van der Waals surface area (Å²) in [5.74, 6) is 0.0513. The summed E-state index contributed by atoms with van der Waals surface area (Å²) in [5, 5.41) is 0.297. The first kappa shape index (κ1) is 35.4. The van der Waals surface area contributed by atoms with Crippen LogP contribution in [0.1, 0.15) is 29.5 Å². The number of hydrogen-bond donors (Lipinski definition) is 0. The van der Waals surface area contributed by atoms with Gasteiger partial charge in [0.1, 0.15) is 11.5 Å². The lowest BCUT2D eigenvalue weighted by Crippen LogP contribution is -2.57. The van der Waals surface area contributed by atoms with Gasteiger partial charge in [-0.2, -0.15) is 0 Å². The summed E-state index contributed by atoms with van der Waals surface area (Å²) in [6.07, 6.45) is -0.473. The van der Waals surface area contributed by atoms with Crippen LogP contribution >= 0.6 is 11.6 Å². The topological polar surface area (TPSA) is 118 Å².